The number of hydrogen-bond acceptors (Lipinski definition) is 8. The number of nitrogens with zero attached hydrogens (tertiary/aromatic N) is 1. The average Bonchev–Trinajstić information content (AvgIpc) is 2.80. The molecule has 9 heteroatoms. The van der Waals surface area contributed by atoms with Crippen LogP contribution in [0.5, 0.6) is 11.5 Å². The van der Waals surface area contributed by atoms with Crippen molar-refractivity contribution in [3.63, 3.8) is 0 Å². The van der Waals surface area contributed by atoms with Crippen molar-refractivity contribution in [3.8, 4) is 11.5 Å². The predicted molar refractivity (Wildman–Crippen MR) is 108 cm³/mol. The number of nitrogens with one attached hydrogen (secondary N) is 1. The van der Waals surface area contributed by atoms with Crippen molar-refractivity contribution in [2.75, 3.05) is 13.7 Å². The van der Waals surface area contributed by atoms with Crippen LogP contribution in [0.3, 0.4) is 0 Å². The van der Waals surface area contributed by atoms with Crippen LogP contribution in [-0.2, 0) is 25.5 Å². The number of aromatic hydroxyl groups is 1. The summed E-state index contributed by atoms with van der Waals surface area (Å²) < 4.78 is 15.6. The standard InChI is InChI=1S/C22H23N2O7/c1-13-10-15(11-14-6-4-3-5-7-14)21(27)30-12-16(22(28)31-13)24-20(26)18-19(25)17(29-2)8-9-23-18/h3-10,13,15-16,25H,11-12H2,1-2H3,(H,24,26). The largest absolute Gasteiger partial charge is 0.503 e. The van der Waals surface area contributed by atoms with E-state index in [0.29, 0.717) is 6.42 Å². The van der Waals surface area contributed by atoms with Crippen LogP contribution >= 0.6 is 0 Å². The molecule has 3 atom stereocenters. The molecular formula is C22H23N2O7. The summed E-state index contributed by atoms with van der Waals surface area (Å²) in [6, 6.07) is 9.51. The maximum Gasteiger partial charge on any atom is 0.332 e. The van der Waals surface area contributed by atoms with Gasteiger partial charge in [-0.25, -0.2) is 9.78 Å². The molecule has 0 spiro atoms. The van der Waals surface area contributed by atoms with E-state index in [1.165, 1.54) is 19.4 Å². The first-order valence-corrected chi connectivity index (χ1v) is 9.68. The van der Waals surface area contributed by atoms with Crippen LogP contribution in [0.4, 0.5) is 0 Å². The second-order valence-electron chi connectivity index (χ2n) is 7.00. The van der Waals surface area contributed by atoms with Crippen LogP contribution in [0.1, 0.15) is 23.0 Å². The molecule has 0 aliphatic carbocycles. The second kappa shape index (κ2) is 9.92. The van der Waals surface area contributed by atoms with Crippen LogP contribution in [0.25, 0.3) is 0 Å². The topological polar surface area (TPSA) is 124 Å². The van der Waals surface area contributed by atoms with Crippen LogP contribution in [0, 0.1) is 12.3 Å². The Labute approximate surface area is 179 Å². The summed E-state index contributed by atoms with van der Waals surface area (Å²) in [4.78, 5) is 41.5. The van der Waals surface area contributed by atoms with Crippen molar-refractivity contribution >= 4 is 17.8 Å². The van der Waals surface area contributed by atoms with E-state index in [1.54, 1.807) is 13.3 Å². The Hall–Kier alpha value is -3.62. The van der Waals surface area contributed by atoms with Gasteiger partial charge < -0.3 is 24.6 Å². The van der Waals surface area contributed by atoms with Gasteiger partial charge in [-0.3, -0.25) is 9.59 Å². The van der Waals surface area contributed by atoms with Crippen molar-refractivity contribution in [3.05, 3.63) is 60.3 Å². The molecule has 1 fully saturated rings. The molecule has 1 radical (unpaired) electrons. The minimum atomic E-state index is -1.27. The molecule has 2 N–H and O–H groups in total. The number of amides is 1. The van der Waals surface area contributed by atoms with Gasteiger partial charge in [-0.2, -0.15) is 0 Å². The Kier molecular flexibility index (Phi) is 7.07. The van der Waals surface area contributed by atoms with Gasteiger partial charge in [0.25, 0.3) is 5.91 Å². The first-order chi connectivity index (χ1) is 14.9. The lowest BCUT2D eigenvalue weighted by Crippen LogP contribution is -2.46. The maximum atomic E-state index is 12.6. The predicted octanol–water partition coefficient (Wildman–Crippen LogP) is 1.45. The summed E-state index contributed by atoms with van der Waals surface area (Å²) in [5.74, 6) is -3.19. The molecule has 2 aromatic rings. The van der Waals surface area contributed by atoms with E-state index in [0.717, 1.165) is 5.56 Å². The molecule has 31 heavy (non-hydrogen) atoms. The smallest absolute Gasteiger partial charge is 0.332 e. The molecule has 0 saturated carbocycles. The number of rotatable bonds is 5. The highest BCUT2D eigenvalue weighted by Crippen LogP contribution is 2.27. The monoisotopic (exact) mass is 427 g/mol. The highest BCUT2D eigenvalue weighted by Gasteiger charge is 2.33. The summed E-state index contributed by atoms with van der Waals surface area (Å²) >= 11 is 0. The van der Waals surface area contributed by atoms with Gasteiger partial charge in [-0.15, -0.1) is 0 Å². The molecule has 163 valence electrons. The third-order valence-corrected chi connectivity index (χ3v) is 4.71. The van der Waals surface area contributed by atoms with E-state index in [-0.39, 0.29) is 11.4 Å². The number of methoxy groups -OCH3 is 1. The van der Waals surface area contributed by atoms with Gasteiger partial charge in [-0.05, 0) is 18.9 Å². The average molecular weight is 427 g/mol. The summed E-state index contributed by atoms with van der Waals surface area (Å²) in [5.41, 5.74) is 0.600. The molecule has 9 nitrogen and oxygen atoms in total. The number of cyclic esters (lactones) is 2. The molecular weight excluding hydrogens is 404 g/mol. The van der Waals surface area contributed by atoms with Crippen LogP contribution in [-0.4, -0.2) is 53.8 Å². The van der Waals surface area contributed by atoms with Gasteiger partial charge >= 0.3 is 11.9 Å². The fourth-order valence-corrected chi connectivity index (χ4v) is 3.16. The van der Waals surface area contributed by atoms with Gasteiger partial charge in [0.1, 0.15) is 12.7 Å². The van der Waals surface area contributed by atoms with Crippen molar-refractivity contribution in [1.82, 2.24) is 10.3 Å². The minimum absolute atomic E-state index is 0.0515. The molecule has 2 heterocycles. The Morgan fingerprint density at radius 3 is 2.68 bits per heavy atom. The Bertz CT molecular complexity index is 948. The summed E-state index contributed by atoms with van der Waals surface area (Å²) in [7, 11) is 1.33. The number of aromatic nitrogens is 1. The zero-order valence-electron chi connectivity index (χ0n) is 17.1. The summed E-state index contributed by atoms with van der Waals surface area (Å²) in [5, 5.41) is 12.5. The Morgan fingerprint density at radius 2 is 1.97 bits per heavy atom. The lowest BCUT2D eigenvalue weighted by molar-refractivity contribution is -0.152. The van der Waals surface area contributed by atoms with Crippen molar-refractivity contribution < 1.29 is 33.7 Å². The lowest BCUT2D eigenvalue weighted by atomic mass is 9.94. The SMILES string of the molecule is COc1ccnc(C(=O)NC2COC(=O)C(Cc3ccccc3)[CH]C(C)OC2=O)c1O. The third-order valence-electron chi connectivity index (χ3n) is 4.71. The lowest BCUT2D eigenvalue weighted by Gasteiger charge is -2.18. The molecule has 1 saturated heterocycles. The van der Waals surface area contributed by atoms with Crippen molar-refractivity contribution in [2.45, 2.75) is 25.5 Å². The van der Waals surface area contributed by atoms with E-state index >= 15 is 0 Å². The normalized spacial score (nSPS) is 21.7. The van der Waals surface area contributed by atoms with E-state index in [4.69, 9.17) is 14.2 Å². The first-order valence-electron chi connectivity index (χ1n) is 9.68. The zero-order valence-corrected chi connectivity index (χ0v) is 17.1. The fraction of sp³-hybridized carbons (Fsp3) is 0.318. The number of esters is 2. The van der Waals surface area contributed by atoms with E-state index < -0.39 is 48.3 Å². The van der Waals surface area contributed by atoms with Gasteiger partial charge in [-0.1, -0.05) is 30.3 Å². The number of ether oxygens (including phenoxy) is 3. The number of benzene rings is 1. The van der Waals surface area contributed by atoms with Crippen molar-refractivity contribution in [1.29, 1.82) is 0 Å². The van der Waals surface area contributed by atoms with Crippen molar-refractivity contribution in [2.24, 2.45) is 5.92 Å². The zero-order chi connectivity index (χ0) is 22.4. The number of pyridine rings is 1. The van der Waals surface area contributed by atoms with E-state index in [1.807, 2.05) is 30.3 Å². The molecule has 3 rings (SSSR count). The molecule has 1 aliphatic rings. The van der Waals surface area contributed by atoms with Gasteiger partial charge in [0.05, 0.1) is 13.0 Å². The van der Waals surface area contributed by atoms with Crippen LogP contribution in [0.2, 0.25) is 0 Å². The van der Waals surface area contributed by atoms with Gasteiger partial charge in [0.15, 0.2) is 23.2 Å². The summed E-state index contributed by atoms with van der Waals surface area (Å²) in [6.45, 7) is 1.21. The Morgan fingerprint density at radius 1 is 1.23 bits per heavy atom. The molecule has 3 unspecified atom stereocenters. The molecule has 1 aromatic heterocycles. The highest BCUT2D eigenvalue weighted by molar-refractivity contribution is 5.98. The molecule has 1 amide bonds. The minimum Gasteiger partial charge on any atom is -0.503 e. The maximum absolute atomic E-state index is 12.6. The summed E-state index contributed by atoms with van der Waals surface area (Å²) in [6.07, 6.45) is 2.59. The third kappa shape index (κ3) is 5.50. The number of hydrogen-bond donors (Lipinski definition) is 2. The number of carbonyl (C=O) groups excluding carboxylic acids is 3. The second-order valence-corrected chi connectivity index (χ2v) is 7.00. The molecule has 1 aliphatic heterocycles. The van der Waals surface area contributed by atoms with Gasteiger partial charge in [0, 0.05) is 18.7 Å². The highest BCUT2D eigenvalue weighted by atomic mass is 16.6. The van der Waals surface area contributed by atoms with Gasteiger partial charge in [0.2, 0.25) is 0 Å². The van der Waals surface area contributed by atoms with E-state index in [9.17, 15) is 19.5 Å². The van der Waals surface area contributed by atoms with E-state index in [2.05, 4.69) is 10.3 Å². The molecule has 0 bridgehead atoms. The van der Waals surface area contributed by atoms with Crippen LogP contribution in [0.15, 0.2) is 42.6 Å². The fourth-order valence-electron chi connectivity index (χ4n) is 3.16. The quantitative estimate of drug-likeness (QED) is 0.687. The Balaban J connectivity index is 1.73. The number of carbonyl (C=O) groups is 3. The first kappa shape index (κ1) is 22.1. The molecule has 1 aromatic carbocycles. The van der Waals surface area contributed by atoms with Crippen LogP contribution < -0.4 is 10.1 Å².